The maximum atomic E-state index is 6.21. The Kier molecular flexibility index (Phi) is 4.23. The first-order chi connectivity index (χ1) is 9.61. The lowest BCUT2D eigenvalue weighted by Crippen LogP contribution is -2.41. The van der Waals surface area contributed by atoms with Crippen LogP contribution in [0, 0.1) is 12.8 Å². The quantitative estimate of drug-likeness (QED) is 0.789. The van der Waals surface area contributed by atoms with Gasteiger partial charge in [-0.05, 0) is 57.3 Å². The van der Waals surface area contributed by atoms with Crippen molar-refractivity contribution >= 4 is 11.6 Å². The second kappa shape index (κ2) is 5.95. The summed E-state index contributed by atoms with van der Waals surface area (Å²) in [6.07, 6.45) is 3.84. The lowest BCUT2D eigenvalue weighted by atomic mass is 9.94. The number of hydrogen-bond acceptors (Lipinski definition) is 2. The third-order valence-corrected chi connectivity index (χ3v) is 5.06. The van der Waals surface area contributed by atoms with Crippen molar-refractivity contribution in [2.75, 3.05) is 19.6 Å². The zero-order chi connectivity index (χ0) is 14.1. The Hall–Kier alpha value is -0.730. The van der Waals surface area contributed by atoms with Gasteiger partial charge in [0.15, 0.2) is 0 Å². The molecular formula is C17H24ClNO. The van der Waals surface area contributed by atoms with Crippen molar-refractivity contribution < 1.29 is 4.74 Å². The Morgan fingerprint density at radius 1 is 1.35 bits per heavy atom. The Balaban J connectivity index is 1.52. The van der Waals surface area contributed by atoms with E-state index in [1.165, 1.54) is 24.0 Å². The SMILES string of the molecule is Cc1ccc2c(c1)CC(CN1CCC(C(C)Cl)CC1)O2. The van der Waals surface area contributed by atoms with Gasteiger partial charge in [0.2, 0.25) is 0 Å². The molecule has 2 aliphatic heterocycles. The number of nitrogens with zero attached hydrogens (tertiary/aromatic N) is 1. The number of ether oxygens (including phenoxy) is 1. The van der Waals surface area contributed by atoms with Crippen molar-refractivity contribution in [2.45, 2.75) is 44.6 Å². The standard InChI is InChI=1S/C17H24ClNO/c1-12-3-4-17-15(9-12)10-16(20-17)11-19-7-5-14(6-8-19)13(2)18/h3-4,9,13-14,16H,5-8,10-11H2,1-2H3. The van der Waals surface area contributed by atoms with Crippen molar-refractivity contribution in [3.8, 4) is 5.75 Å². The van der Waals surface area contributed by atoms with Gasteiger partial charge in [-0.1, -0.05) is 17.7 Å². The molecule has 0 spiro atoms. The van der Waals surface area contributed by atoms with E-state index in [-0.39, 0.29) is 0 Å². The van der Waals surface area contributed by atoms with Crippen LogP contribution in [0.2, 0.25) is 0 Å². The number of benzene rings is 1. The molecule has 0 bridgehead atoms. The molecule has 2 heterocycles. The van der Waals surface area contributed by atoms with E-state index in [2.05, 4.69) is 36.9 Å². The molecule has 3 rings (SSSR count). The summed E-state index contributed by atoms with van der Waals surface area (Å²) in [5, 5.41) is 0.312. The minimum Gasteiger partial charge on any atom is -0.488 e. The van der Waals surface area contributed by atoms with Gasteiger partial charge < -0.3 is 4.74 Å². The Bertz CT molecular complexity index is 466. The minimum atomic E-state index is 0.312. The molecule has 1 fully saturated rings. The fourth-order valence-electron chi connectivity index (χ4n) is 3.43. The second-order valence-corrected chi connectivity index (χ2v) is 7.06. The van der Waals surface area contributed by atoms with Gasteiger partial charge in [0.1, 0.15) is 11.9 Å². The van der Waals surface area contributed by atoms with Crippen molar-refractivity contribution in [3.63, 3.8) is 0 Å². The number of aryl methyl sites for hydroxylation is 1. The average molecular weight is 294 g/mol. The Morgan fingerprint density at radius 2 is 2.10 bits per heavy atom. The smallest absolute Gasteiger partial charge is 0.123 e. The molecule has 0 aliphatic carbocycles. The molecule has 0 N–H and O–H groups in total. The highest BCUT2D eigenvalue weighted by Crippen LogP contribution is 2.31. The largest absolute Gasteiger partial charge is 0.488 e. The molecular weight excluding hydrogens is 270 g/mol. The van der Waals surface area contributed by atoms with Crippen LogP contribution >= 0.6 is 11.6 Å². The summed E-state index contributed by atoms with van der Waals surface area (Å²) in [5.74, 6) is 1.78. The fourth-order valence-corrected chi connectivity index (χ4v) is 3.69. The van der Waals surface area contributed by atoms with Crippen LogP contribution in [0.3, 0.4) is 0 Å². The number of alkyl halides is 1. The normalized spacial score (nSPS) is 25.2. The zero-order valence-electron chi connectivity index (χ0n) is 12.4. The minimum absolute atomic E-state index is 0.312. The van der Waals surface area contributed by atoms with Gasteiger partial charge in [0, 0.05) is 18.3 Å². The fraction of sp³-hybridized carbons (Fsp3) is 0.647. The number of fused-ring (bicyclic) bond motifs is 1. The predicted octanol–water partition coefficient (Wildman–Crippen LogP) is 3.64. The molecule has 110 valence electrons. The highest BCUT2D eigenvalue weighted by atomic mass is 35.5. The van der Waals surface area contributed by atoms with Crippen LogP contribution in [0.4, 0.5) is 0 Å². The first kappa shape index (κ1) is 14.2. The summed E-state index contributed by atoms with van der Waals surface area (Å²) in [6, 6.07) is 6.51. The van der Waals surface area contributed by atoms with Crippen LogP contribution < -0.4 is 4.74 Å². The van der Waals surface area contributed by atoms with E-state index < -0.39 is 0 Å². The molecule has 0 amide bonds. The van der Waals surface area contributed by atoms with E-state index >= 15 is 0 Å². The van der Waals surface area contributed by atoms with Gasteiger partial charge in [-0.3, -0.25) is 4.90 Å². The van der Waals surface area contributed by atoms with Crippen LogP contribution in [0.5, 0.6) is 5.75 Å². The molecule has 0 saturated carbocycles. The van der Waals surface area contributed by atoms with Gasteiger partial charge in [0.25, 0.3) is 0 Å². The van der Waals surface area contributed by atoms with Gasteiger partial charge in [0.05, 0.1) is 0 Å². The molecule has 2 atom stereocenters. The van der Waals surface area contributed by atoms with Crippen LogP contribution in [0.25, 0.3) is 0 Å². The molecule has 3 heteroatoms. The molecule has 0 radical (unpaired) electrons. The highest BCUT2D eigenvalue weighted by molar-refractivity contribution is 6.20. The van der Waals surface area contributed by atoms with E-state index in [0.717, 1.165) is 31.8 Å². The van der Waals surface area contributed by atoms with Gasteiger partial charge >= 0.3 is 0 Å². The van der Waals surface area contributed by atoms with Crippen LogP contribution in [-0.4, -0.2) is 36.0 Å². The van der Waals surface area contributed by atoms with Crippen LogP contribution in [-0.2, 0) is 6.42 Å². The molecule has 1 aromatic rings. The predicted molar refractivity (Wildman–Crippen MR) is 83.8 cm³/mol. The van der Waals surface area contributed by atoms with Crippen molar-refractivity contribution in [2.24, 2.45) is 5.92 Å². The summed E-state index contributed by atoms with van der Waals surface area (Å²) >= 11 is 6.21. The maximum Gasteiger partial charge on any atom is 0.123 e. The topological polar surface area (TPSA) is 12.5 Å². The molecule has 1 saturated heterocycles. The monoisotopic (exact) mass is 293 g/mol. The summed E-state index contributed by atoms with van der Waals surface area (Å²) in [5.41, 5.74) is 2.70. The van der Waals surface area contributed by atoms with Gasteiger partial charge in [-0.15, -0.1) is 11.6 Å². The molecule has 2 nitrogen and oxygen atoms in total. The zero-order valence-corrected chi connectivity index (χ0v) is 13.2. The summed E-state index contributed by atoms with van der Waals surface area (Å²) < 4.78 is 6.07. The number of likely N-dealkylation sites (tertiary alicyclic amines) is 1. The average Bonchev–Trinajstić information content (AvgIpc) is 2.80. The lowest BCUT2D eigenvalue weighted by molar-refractivity contribution is 0.117. The molecule has 2 unspecified atom stereocenters. The molecule has 2 aliphatic rings. The third-order valence-electron chi connectivity index (χ3n) is 4.70. The number of rotatable bonds is 3. The van der Waals surface area contributed by atoms with Crippen LogP contribution in [0.15, 0.2) is 18.2 Å². The summed E-state index contributed by atoms with van der Waals surface area (Å²) in [7, 11) is 0. The Labute approximate surface area is 127 Å². The van der Waals surface area contributed by atoms with Crippen LogP contribution in [0.1, 0.15) is 30.9 Å². The van der Waals surface area contributed by atoms with Gasteiger partial charge in [-0.2, -0.15) is 0 Å². The van der Waals surface area contributed by atoms with E-state index in [0.29, 0.717) is 17.4 Å². The van der Waals surface area contributed by atoms with E-state index in [9.17, 15) is 0 Å². The molecule has 20 heavy (non-hydrogen) atoms. The summed E-state index contributed by atoms with van der Waals surface area (Å²) in [4.78, 5) is 2.54. The van der Waals surface area contributed by atoms with Crippen molar-refractivity contribution in [1.82, 2.24) is 4.90 Å². The van der Waals surface area contributed by atoms with Gasteiger partial charge in [-0.25, -0.2) is 0 Å². The first-order valence-electron chi connectivity index (χ1n) is 7.74. The van der Waals surface area contributed by atoms with E-state index in [4.69, 9.17) is 16.3 Å². The molecule has 0 aromatic heterocycles. The number of hydrogen-bond donors (Lipinski definition) is 0. The third kappa shape index (κ3) is 3.12. The molecule has 1 aromatic carbocycles. The van der Waals surface area contributed by atoms with E-state index in [1.54, 1.807) is 0 Å². The van der Waals surface area contributed by atoms with Crippen molar-refractivity contribution in [3.05, 3.63) is 29.3 Å². The number of halogens is 1. The Morgan fingerprint density at radius 3 is 2.80 bits per heavy atom. The van der Waals surface area contributed by atoms with E-state index in [1.807, 2.05) is 0 Å². The maximum absolute atomic E-state index is 6.21. The number of piperidine rings is 1. The first-order valence-corrected chi connectivity index (χ1v) is 8.18. The second-order valence-electron chi connectivity index (χ2n) is 6.37. The van der Waals surface area contributed by atoms with Crippen molar-refractivity contribution in [1.29, 1.82) is 0 Å². The lowest BCUT2D eigenvalue weighted by Gasteiger charge is -2.34. The highest BCUT2D eigenvalue weighted by Gasteiger charge is 2.28. The summed E-state index contributed by atoms with van der Waals surface area (Å²) in [6.45, 7) is 7.65.